The predicted octanol–water partition coefficient (Wildman–Crippen LogP) is 0.629. The lowest BCUT2D eigenvalue weighted by Gasteiger charge is -2.20. The molecule has 1 amide bonds. The summed E-state index contributed by atoms with van der Waals surface area (Å²) in [4.78, 5) is 11.9. The number of amides is 1. The van der Waals surface area contributed by atoms with Gasteiger partial charge in [-0.05, 0) is 26.7 Å². The number of hydrogen-bond donors (Lipinski definition) is 2. The first-order chi connectivity index (χ1) is 8.19. The van der Waals surface area contributed by atoms with E-state index < -0.39 is 0 Å². The van der Waals surface area contributed by atoms with Gasteiger partial charge in [-0.25, -0.2) is 0 Å². The Morgan fingerprint density at radius 3 is 2.47 bits per heavy atom. The van der Waals surface area contributed by atoms with E-state index in [4.69, 9.17) is 15.2 Å². The normalized spacial score (nSPS) is 24.2. The van der Waals surface area contributed by atoms with Crippen molar-refractivity contribution in [2.24, 2.45) is 11.7 Å². The molecule has 0 spiro atoms. The van der Waals surface area contributed by atoms with Crippen LogP contribution in [0.5, 0.6) is 0 Å². The van der Waals surface area contributed by atoms with Crippen LogP contribution in [0.2, 0.25) is 0 Å². The molecule has 0 radical (unpaired) electrons. The maximum absolute atomic E-state index is 11.9. The minimum absolute atomic E-state index is 0.00707. The molecule has 1 fully saturated rings. The molecule has 0 bridgehead atoms. The van der Waals surface area contributed by atoms with E-state index >= 15 is 0 Å². The maximum Gasteiger partial charge on any atom is 0.224 e. The third kappa shape index (κ3) is 4.61. The van der Waals surface area contributed by atoms with Crippen molar-refractivity contribution in [3.05, 3.63) is 0 Å². The molecule has 1 rings (SSSR count). The second kappa shape index (κ2) is 7.63. The highest BCUT2D eigenvalue weighted by Crippen LogP contribution is 2.23. The van der Waals surface area contributed by atoms with E-state index in [-0.39, 0.29) is 24.2 Å². The number of hydrogen-bond acceptors (Lipinski definition) is 4. The first kappa shape index (κ1) is 14.4. The van der Waals surface area contributed by atoms with Crippen molar-refractivity contribution in [1.29, 1.82) is 0 Å². The van der Waals surface area contributed by atoms with Crippen LogP contribution in [-0.4, -0.2) is 38.0 Å². The molecule has 2 atom stereocenters. The van der Waals surface area contributed by atoms with Crippen LogP contribution in [0.4, 0.5) is 0 Å². The average molecular weight is 244 g/mol. The predicted molar refractivity (Wildman–Crippen MR) is 65.4 cm³/mol. The maximum atomic E-state index is 11.9. The zero-order valence-electron chi connectivity index (χ0n) is 10.8. The second-order valence-corrected chi connectivity index (χ2v) is 4.29. The third-order valence-corrected chi connectivity index (χ3v) is 3.05. The average Bonchev–Trinajstić information content (AvgIpc) is 2.72. The van der Waals surface area contributed by atoms with Crippen molar-refractivity contribution >= 4 is 5.91 Å². The summed E-state index contributed by atoms with van der Waals surface area (Å²) in [7, 11) is 0. The molecule has 1 aliphatic carbocycles. The monoisotopic (exact) mass is 244 g/mol. The number of carbonyl (C=O) groups is 1. The Morgan fingerprint density at radius 2 is 2.00 bits per heavy atom. The molecular formula is C12H24N2O3. The molecule has 3 N–H and O–H groups in total. The minimum atomic E-state index is -0.355. The standard InChI is InChI=1S/C12H24N2O3/c1-3-16-11(17-4-2)8-14-12(15)9-6-5-7-10(9)13/h9-11H,3-8,13H2,1-2H3,(H,14,15). The molecular weight excluding hydrogens is 220 g/mol. The van der Waals surface area contributed by atoms with E-state index in [1.54, 1.807) is 0 Å². The van der Waals surface area contributed by atoms with Gasteiger partial charge in [-0.3, -0.25) is 4.79 Å². The Balaban J connectivity index is 2.29. The highest BCUT2D eigenvalue weighted by Gasteiger charge is 2.30. The van der Waals surface area contributed by atoms with Gasteiger partial charge < -0.3 is 20.5 Å². The molecule has 100 valence electrons. The van der Waals surface area contributed by atoms with Crippen molar-refractivity contribution < 1.29 is 14.3 Å². The summed E-state index contributed by atoms with van der Waals surface area (Å²) in [5.41, 5.74) is 5.88. The van der Waals surface area contributed by atoms with Crippen LogP contribution in [0, 0.1) is 5.92 Å². The SMILES string of the molecule is CCOC(CNC(=O)C1CCCC1N)OCC. The Kier molecular flexibility index (Phi) is 6.47. The second-order valence-electron chi connectivity index (χ2n) is 4.29. The van der Waals surface area contributed by atoms with Crippen molar-refractivity contribution in [2.45, 2.75) is 45.4 Å². The lowest BCUT2D eigenvalue weighted by atomic mass is 10.0. The van der Waals surface area contributed by atoms with Crippen molar-refractivity contribution in [3.8, 4) is 0 Å². The molecule has 0 aromatic rings. The number of rotatable bonds is 7. The fraction of sp³-hybridized carbons (Fsp3) is 0.917. The number of ether oxygens (including phenoxy) is 2. The van der Waals surface area contributed by atoms with Crippen LogP contribution in [0.1, 0.15) is 33.1 Å². The van der Waals surface area contributed by atoms with Gasteiger partial charge in [0.05, 0.1) is 12.5 Å². The van der Waals surface area contributed by atoms with Crippen molar-refractivity contribution in [2.75, 3.05) is 19.8 Å². The molecule has 17 heavy (non-hydrogen) atoms. The molecule has 1 saturated carbocycles. The van der Waals surface area contributed by atoms with Gasteiger partial charge >= 0.3 is 0 Å². The van der Waals surface area contributed by atoms with Crippen LogP contribution in [0.3, 0.4) is 0 Å². The molecule has 2 unspecified atom stereocenters. The van der Waals surface area contributed by atoms with E-state index in [9.17, 15) is 4.79 Å². The molecule has 0 aliphatic heterocycles. The quantitative estimate of drug-likeness (QED) is 0.644. The largest absolute Gasteiger partial charge is 0.351 e. The fourth-order valence-corrected chi connectivity index (χ4v) is 2.17. The van der Waals surface area contributed by atoms with Gasteiger partial charge in [0.2, 0.25) is 5.91 Å². The minimum Gasteiger partial charge on any atom is -0.351 e. The summed E-state index contributed by atoms with van der Waals surface area (Å²) >= 11 is 0. The topological polar surface area (TPSA) is 73.6 Å². The van der Waals surface area contributed by atoms with Gasteiger partial charge in [0.25, 0.3) is 0 Å². The number of carbonyl (C=O) groups excluding carboxylic acids is 1. The van der Waals surface area contributed by atoms with Gasteiger partial charge in [0.1, 0.15) is 0 Å². The van der Waals surface area contributed by atoms with E-state index in [1.807, 2.05) is 13.8 Å². The van der Waals surface area contributed by atoms with E-state index in [0.29, 0.717) is 19.8 Å². The van der Waals surface area contributed by atoms with E-state index in [1.165, 1.54) is 0 Å². The van der Waals surface area contributed by atoms with Gasteiger partial charge in [0.15, 0.2) is 6.29 Å². The Labute approximate surface area is 103 Å². The van der Waals surface area contributed by atoms with Crippen molar-refractivity contribution in [1.82, 2.24) is 5.32 Å². The Bertz CT molecular complexity index is 230. The van der Waals surface area contributed by atoms with Crippen LogP contribution in [-0.2, 0) is 14.3 Å². The summed E-state index contributed by atoms with van der Waals surface area (Å²) < 4.78 is 10.7. The fourth-order valence-electron chi connectivity index (χ4n) is 2.17. The van der Waals surface area contributed by atoms with Gasteiger partial charge in [-0.1, -0.05) is 6.42 Å². The number of nitrogens with one attached hydrogen (secondary N) is 1. The lowest BCUT2D eigenvalue weighted by Crippen LogP contribution is -2.42. The van der Waals surface area contributed by atoms with Crippen LogP contribution >= 0.6 is 0 Å². The zero-order valence-corrected chi connectivity index (χ0v) is 10.8. The molecule has 5 nitrogen and oxygen atoms in total. The highest BCUT2D eigenvalue weighted by atomic mass is 16.7. The molecule has 5 heteroatoms. The van der Waals surface area contributed by atoms with E-state index in [2.05, 4.69) is 5.32 Å². The van der Waals surface area contributed by atoms with E-state index in [0.717, 1.165) is 19.3 Å². The summed E-state index contributed by atoms with van der Waals surface area (Å²) in [5.74, 6) is -0.0155. The van der Waals surface area contributed by atoms with Gasteiger partial charge in [-0.15, -0.1) is 0 Å². The molecule has 1 aliphatic rings. The lowest BCUT2D eigenvalue weighted by molar-refractivity contribution is -0.142. The zero-order chi connectivity index (χ0) is 12.7. The molecule has 0 saturated heterocycles. The summed E-state index contributed by atoms with van der Waals surface area (Å²) in [6, 6.07) is 0.00707. The van der Waals surface area contributed by atoms with Gasteiger partial charge in [0, 0.05) is 19.3 Å². The van der Waals surface area contributed by atoms with Crippen molar-refractivity contribution in [3.63, 3.8) is 0 Å². The van der Waals surface area contributed by atoms with Gasteiger partial charge in [-0.2, -0.15) is 0 Å². The molecule has 0 aromatic heterocycles. The summed E-state index contributed by atoms with van der Waals surface area (Å²) in [6.07, 6.45) is 2.52. The highest BCUT2D eigenvalue weighted by molar-refractivity contribution is 5.79. The third-order valence-electron chi connectivity index (χ3n) is 3.05. The first-order valence-electron chi connectivity index (χ1n) is 6.45. The molecule has 0 heterocycles. The summed E-state index contributed by atoms with van der Waals surface area (Å²) in [5, 5.41) is 2.86. The number of nitrogens with two attached hydrogens (primary N) is 1. The Hall–Kier alpha value is -0.650. The summed E-state index contributed by atoms with van der Waals surface area (Å²) in [6.45, 7) is 5.35. The van der Waals surface area contributed by atoms with Crippen LogP contribution < -0.4 is 11.1 Å². The van der Waals surface area contributed by atoms with Crippen LogP contribution in [0.25, 0.3) is 0 Å². The molecule has 0 aromatic carbocycles. The smallest absolute Gasteiger partial charge is 0.224 e. The first-order valence-corrected chi connectivity index (χ1v) is 6.45. The van der Waals surface area contributed by atoms with Crippen LogP contribution in [0.15, 0.2) is 0 Å². The Morgan fingerprint density at radius 1 is 1.35 bits per heavy atom.